The maximum Gasteiger partial charge on any atom is 0.224 e. The number of hydrogen-bond donors (Lipinski definition) is 0. The minimum atomic E-state index is -0.249. The molecule has 0 bridgehead atoms. The van der Waals surface area contributed by atoms with Crippen molar-refractivity contribution >= 4 is 34.8 Å². The van der Waals surface area contributed by atoms with Gasteiger partial charge in [0.05, 0.1) is 5.69 Å². The van der Waals surface area contributed by atoms with E-state index in [9.17, 15) is 4.39 Å². The van der Waals surface area contributed by atoms with Crippen molar-refractivity contribution in [2.45, 2.75) is 19.9 Å². The van der Waals surface area contributed by atoms with Crippen molar-refractivity contribution in [1.82, 2.24) is 19.9 Å². The second kappa shape index (κ2) is 8.08. The van der Waals surface area contributed by atoms with Gasteiger partial charge in [-0.1, -0.05) is 11.6 Å². The molecule has 2 aromatic heterocycles. The molecule has 1 atom stereocenters. The molecule has 4 rings (SSSR count). The van der Waals surface area contributed by atoms with Crippen LogP contribution in [0.3, 0.4) is 0 Å². The van der Waals surface area contributed by atoms with Gasteiger partial charge in [-0.25, -0.2) is 24.3 Å². The van der Waals surface area contributed by atoms with Crippen LogP contribution in [0.2, 0.25) is 10.4 Å². The molecule has 1 unspecified atom stereocenters. The van der Waals surface area contributed by atoms with Crippen LogP contribution in [-0.4, -0.2) is 45.6 Å². The lowest BCUT2D eigenvalue weighted by Gasteiger charge is -2.41. The molecule has 0 radical (unpaired) electrons. The van der Waals surface area contributed by atoms with Gasteiger partial charge >= 0.3 is 0 Å². The summed E-state index contributed by atoms with van der Waals surface area (Å²) in [5.74, 6) is 1.17. The highest BCUT2D eigenvalue weighted by Crippen LogP contribution is 2.29. The number of anilines is 2. The largest absolute Gasteiger partial charge is 0.350 e. The molecule has 0 N–H and O–H groups in total. The van der Waals surface area contributed by atoms with E-state index in [1.807, 2.05) is 6.07 Å². The zero-order valence-corrected chi connectivity index (χ0v) is 17.5. The average molecular weight is 433 g/mol. The lowest BCUT2D eigenvalue weighted by molar-refractivity contribution is 0.542. The normalized spacial score (nSPS) is 16.9. The Morgan fingerprint density at radius 1 is 1.07 bits per heavy atom. The number of hydrogen-bond acceptors (Lipinski definition) is 6. The van der Waals surface area contributed by atoms with Crippen molar-refractivity contribution in [2.75, 3.05) is 29.4 Å². The predicted octanol–water partition coefficient (Wildman–Crippen LogP) is 4.40. The number of aromatic nitrogens is 4. The second-order valence-electron chi connectivity index (χ2n) is 7.00. The van der Waals surface area contributed by atoms with Crippen molar-refractivity contribution in [3.8, 4) is 11.3 Å². The van der Waals surface area contributed by atoms with E-state index < -0.39 is 0 Å². The van der Waals surface area contributed by atoms with Crippen molar-refractivity contribution in [3.63, 3.8) is 0 Å². The highest BCUT2D eigenvalue weighted by molar-refractivity contribution is 6.31. The molecule has 1 aliphatic rings. The van der Waals surface area contributed by atoms with E-state index in [0.717, 1.165) is 17.9 Å². The Morgan fingerprint density at radius 2 is 1.86 bits per heavy atom. The van der Waals surface area contributed by atoms with Crippen LogP contribution in [0.1, 0.15) is 12.5 Å². The molecular weight excluding hydrogens is 414 g/mol. The molecule has 3 heterocycles. The second-order valence-corrected chi connectivity index (χ2v) is 7.70. The number of halogens is 3. The third-order valence-corrected chi connectivity index (χ3v) is 5.43. The van der Waals surface area contributed by atoms with Gasteiger partial charge in [0.15, 0.2) is 11.0 Å². The Hall–Kier alpha value is -2.51. The van der Waals surface area contributed by atoms with Crippen LogP contribution in [0.4, 0.5) is 16.0 Å². The standard InChI is InChI=1S/C20H19Cl2FN6/c1-12-9-14(3-4-15(12)23)16-10-17(27-20(22)26-16)29-8-7-28(11-13(29)2)19-18(21)24-5-6-25-19/h3-6,9-10,13H,7-8,11H2,1-2H3. The Morgan fingerprint density at radius 3 is 2.59 bits per heavy atom. The summed E-state index contributed by atoms with van der Waals surface area (Å²) in [5.41, 5.74) is 2.02. The van der Waals surface area contributed by atoms with Gasteiger partial charge in [0.1, 0.15) is 11.6 Å². The Balaban J connectivity index is 1.60. The van der Waals surface area contributed by atoms with E-state index in [1.54, 1.807) is 31.5 Å². The van der Waals surface area contributed by atoms with Gasteiger partial charge in [-0.3, -0.25) is 0 Å². The Kier molecular flexibility index (Phi) is 5.52. The van der Waals surface area contributed by atoms with E-state index in [2.05, 4.69) is 36.7 Å². The SMILES string of the molecule is Cc1cc(-c2cc(N3CCN(c4nccnc4Cl)CC3C)nc(Cl)n2)ccc1F. The summed E-state index contributed by atoms with van der Waals surface area (Å²) >= 11 is 12.4. The van der Waals surface area contributed by atoms with Crippen LogP contribution >= 0.6 is 23.2 Å². The number of aryl methyl sites for hydroxylation is 1. The summed E-state index contributed by atoms with van der Waals surface area (Å²) in [6, 6.07) is 6.92. The zero-order chi connectivity index (χ0) is 20.5. The van der Waals surface area contributed by atoms with E-state index in [1.165, 1.54) is 6.07 Å². The molecular formula is C20H19Cl2FN6. The molecule has 1 aliphatic heterocycles. The van der Waals surface area contributed by atoms with E-state index in [4.69, 9.17) is 23.2 Å². The maximum absolute atomic E-state index is 13.6. The molecule has 0 saturated carbocycles. The smallest absolute Gasteiger partial charge is 0.224 e. The van der Waals surface area contributed by atoms with Gasteiger partial charge in [0.2, 0.25) is 5.28 Å². The fourth-order valence-electron chi connectivity index (χ4n) is 3.52. The number of benzene rings is 1. The minimum absolute atomic E-state index is 0.135. The molecule has 3 aromatic rings. The van der Waals surface area contributed by atoms with Gasteiger partial charge in [-0.2, -0.15) is 0 Å². The van der Waals surface area contributed by atoms with Crippen molar-refractivity contribution < 1.29 is 4.39 Å². The molecule has 29 heavy (non-hydrogen) atoms. The topological polar surface area (TPSA) is 58.0 Å². The van der Waals surface area contributed by atoms with E-state index >= 15 is 0 Å². The third-order valence-electron chi connectivity index (χ3n) is 5.00. The Bertz CT molecular complexity index is 1050. The molecule has 1 aromatic carbocycles. The summed E-state index contributed by atoms with van der Waals surface area (Å²) in [6.45, 7) is 5.97. The number of piperazine rings is 1. The van der Waals surface area contributed by atoms with Gasteiger partial charge in [-0.05, 0) is 49.2 Å². The van der Waals surface area contributed by atoms with Crippen LogP contribution in [0.5, 0.6) is 0 Å². The lowest BCUT2D eigenvalue weighted by atomic mass is 10.1. The van der Waals surface area contributed by atoms with E-state index in [0.29, 0.717) is 35.3 Å². The summed E-state index contributed by atoms with van der Waals surface area (Å²) in [5, 5.41) is 0.554. The zero-order valence-electron chi connectivity index (χ0n) is 16.0. The quantitative estimate of drug-likeness (QED) is 0.571. The van der Waals surface area contributed by atoms with Crippen LogP contribution < -0.4 is 9.80 Å². The van der Waals surface area contributed by atoms with E-state index in [-0.39, 0.29) is 17.1 Å². The van der Waals surface area contributed by atoms with Crippen molar-refractivity contribution in [3.05, 3.63) is 58.5 Å². The maximum atomic E-state index is 13.6. The first-order valence-corrected chi connectivity index (χ1v) is 9.97. The number of rotatable bonds is 3. The monoisotopic (exact) mass is 432 g/mol. The first-order valence-electron chi connectivity index (χ1n) is 9.21. The lowest BCUT2D eigenvalue weighted by Crippen LogP contribution is -2.52. The summed E-state index contributed by atoms with van der Waals surface area (Å²) < 4.78 is 13.6. The van der Waals surface area contributed by atoms with Gasteiger partial charge in [0.25, 0.3) is 0 Å². The first-order chi connectivity index (χ1) is 13.9. The fraction of sp³-hybridized carbons (Fsp3) is 0.300. The van der Waals surface area contributed by atoms with Crippen LogP contribution in [0.15, 0.2) is 36.7 Å². The molecule has 0 aliphatic carbocycles. The first kappa shape index (κ1) is 19.8. The predicted molar refractivity (Wildman–Crippen MR) is 113 cm³/mol. The highest BCUT2D eigenvalue weighted by Gasteiger charge is 2.27. The molecule has 1 fully saturated rings. The van der Waals surface area contributed by atoms with Crippen LogP contribution in [-0.2, 0) is 0 Å². The highest BCUT2D eigenvalue weighted by atomic mass is 35.5. The van der Waals surface area contributed by atoms with Gasteiger partial charge in [0, 0.05) is 49.7 Å². The van der Waals surface area contributed by atoms with Crippen LogP contribution in [0, 0.1) is 12.7 Å². The van der Waals surface area contributed by atoms with Crippen molar-refractivity contribution in [2.24, 2.45) is 0 Å². The van der Waals surface area contributed by atoms with Gasteiger partial charge < -0.3 is 9.80 Å². The molecule has 0 spiro atoms. The molecule has 9 heteroatoms. The minimum Gasteiger partial charge on any atom is -0.350 e. The third kappa shape index (κ3) is 4.11. The van der Waals surface area contributed by atoms with Crippen LogP contribution in [0.25, 0.3) is 11.3 Å². The molecule has 1 saturated heterocycles. The Labute approximate surface area is 178 Å². The van der Waals surface area contributed by atoms with Gasteiger partial charge in [-0.15, -0.1) is 0 Å². The summed E-state index contributed by atoms with van der Waals surface area (Å²) in [7, 11) is 0. The fourth-order valence-corrected chi connectivity index (χ4v) is 3.92. The average Bonchev–Trinajstić information content (AvgIpc) is 2.70. The summed E-state index contributed by atoms with van der Waals surface area (Å²) in [4.78, 5) is 21.5. The number of nitrogens with zero attached hydrogens (tertiary/aromatic N) is 6. The molecule has 6 nitrogen and oxygen atoms in total. The molecule has 150 valence electrons. The van der Waals surface area contributed by atoms with Crippen molar-refractivity contribution in [1.29, 1.82) is 0 Å². The summed E-state index contributed by atoms with van der Waals surface area (Å²) in [6.07, 6.45) is 3.21. The molecule has 0 amide bonds.